The van der Waals surface area contributed by atoms with Crippen molar-refractivity contribution >= 4 is 28.9 Å². The molecule has 0 bridgehead atoms. The standard InChI is InChI=1S/C14H10ClN3O3/c15-11-6-5-8(18(20)21)7-10(11)13-16-12-4-2-1-3-9(12)14(19)17-13/h1-7,13,16H,(H,17,19)/t13-/m1/s1. The predicted molar refractivity (Wildman–Crippen MR) is 78.4 cm³/mol. The fraction of sp³-hybridized carbons (Fsp3) is 0.0714. The van der Waals surface area contributed by atoms with Gasteiger partial charge in [-0.25, -0.2) is 0 Å². The molecule has 0 unspecified atom stereocenters. The van der Waals surface area contributed by atoms with Gasteiger partial charge < -0.3 is 10.6 Å². The number of rotatable bonds is 2. The van der Waals surface area contributed by atoms with Crippen LogP contribution in [0.3, 0.4) is 0 Å². The molecule has 0 saturated heterocycles. The summed E-state index contributed by atoms with van der Waals surface area (Å²) >= 11 is 6.10. The summed E-state index contributed by atoms with van der Waals surface area (Å²) in [5.74, 6) is -0.253. The number of non-ortho nitro benzene ring substituents is 1. The molecule has 6 nitrogen and oxygen atoms in total. The lowest BCUT2D eigenvalue weighted by atomic mass is 10.1. The summed E-state index contributed by atoms with van der Waals surface area (Å²) in [7, 11) is 0. The highest BCUT2D eigenvalue weighted by atomic mass is 35.5. The SMILES string of the molecule is O=C1N[C@H](c2cc([N+](=O)[O-])ccc2Cl)Nc2ccccc21. The van der Waals surface area contributed by atoms with Crippen molar-refractivity contribution in [1.82, 2.24) is 5.32 Å². The van der Waals surface area contributed by atoms with Crippen molar-refractivity contribution in [3.8, 4) is 0 Å². The van der Waals surface area contributed by atoms with Gasteiger partial charge in [0, 0.05) is 28.4 Å². The molecule has 1 heterocycles. The Kier molecular flexibility index (Phi) is 3.23. The highest BCUT2D eigenvalue weighted by Crippen LogP contribution is 2.32. The molecule has 2 aromatic rings. The maximum Gasteiger partial charge on any atom is 0.269 e. The average molecular weight is 304 g/mol. The van der Waals surface area contributed by atoms with Gasteiger partial charge >= 0.3 is 0 Å². The van der Waals surface area contributed by atoms with Crippen LogP contribution in [0, 0.1) is 10.1 Å². The normalized spacial score (nSPS) is 16.6. The molecule has 106 valence electrons. The number of carbonyl (C=O) groups excluding carboxylic acids is 1. The summed E-state index contributed by atoms with van der Waals surface area (Å²) < 4.78 is 0. The van der Waals surface area contributed by atoms with Crippen LogP contribution < -0.4 is 10.6 Å². The van der Waals surface area contributed by atoms with Gasteiger partial charge in [0.15, 0.2) is 0 Å². The lowest BCUT2D eigenvalue weighted by Crippen LogP contribution is -2.38. The topological polar surface area (TPSA) is 84.3 Å². The highest BCUT2D eigenvalue weighted by molar-refractivity contribution is 6.31. The van der Waals surface area contributed by atoms with E-state index in [9.17, 15) is 14.9 Å². The van der Waals surface area contributed by atoms with Gasteiger partial charge in [0.05, 0.1) is 10.5 Å². The molecule has 3 rings (SSSR count). The van der Waals surface area contributed by atoms with E-state index in [-0.39, 0.29) is 11.6 Å². The van der Waals surface area contributed by atoms with E-state index in [4.69, 9.17) is 11.6 Å². The molecule has 1 amide bonds. The van der Waals surface area contributed by atoms with E-state index < -0.39 is 11.1 Å². The molecule has 1 aliphatic heterocycles. The van der Waals surface area contributed by atoms with Gasteiger partial charge in [-0.15, -0.1) is 0 Å². The van der Waals surface area contributed by atoms with Gasteiger partial charge in [-0.05, 0) is 18.2 Å². The van der Waals surface area contributed by atoms with Gasteiger partial charge in [-0.3, -0.25) is 14.9 Å². The molecular weight excluding hydrogens is 294 g/mol. The van der Waals surface area contributed by atoms with Crippen LogP contribution in [-0.2, 0) is 0 Å². The van der Waals surface area contributed by atoms with Crippen molar-refractivity contribution in [2.45, 2.75) is 6.17 Å². The van der Waals surface area contributed by atoms with Crippen molar-refractivity contribution in [2.24, 2.45) is 0 Å². The molecule has 21 heavy (non-hydrogen) atoms. The zero-order chi connectivity index (χ0) is 15.0. The number of nitro groups is 1. The van der Waals surface area contributed by atoms with E-state index in [0.29, 0.717) is 21.8 Å². The Labute approximate surface area is 124 Å². The summed E-state index contributed by atoms with van der Waals surface area (Å²) in [5, 5.41) is 17.1. The number of carbonyl (C=O) groups is 1. The number of para-hydroxylation sites is 1. The Bertz CT molecular complexity index is 748. The van der Waals surface area contributed by atoms with E-state index in [1.54, 1.807) is 24.3 Å². The Morgan fingerprint density at radius 3 is 2.67 bits per heavy atom. The zero-order valence-corrected chi connectivity index (χ0v) is 11.4. The van der Waals surface area contributed by atoms with Crippen LogP contribution in [0.25, 0.3) is 0 Å². The van der Waals surface area contributed by atoms with E-state index >= 15 is 0 Å². The van der Waals surface area contributed by atoms with Crippen molar-refractivity contribution in [2.75, 3.05) is 5.32 Å². The fourth-order valence-electron chi connectivity index (χ4n) is 2.23. The first kappa shape index (κ1) is 13.4. The smallest absolute Gasteiger partial charge is 0.269 e. The lowest BCUT2D eigenvalue weighted by molar-refractivity contribution is -0.384. The van der Waals surface area contributed by atoms with E-state index in [0.717, 1.165) is 0 Å². The third kappa shape index (κ3) is 2.41. The molecule has 2 N–H and O–H groups in total. The number of hydrogen-bond donors (Lipinski definition) is 2. The van der Waals surface area contributed by atoms with E-state index in [2.05, 4.69) is 10.6 Å². The van der Waals surface area contributed by atoms with Crippen molar-refractivity contribution in [3.63, 3.8) is 0 Å². The van der Waals surface area contributed by atoms with Crippen LogP contribution in [0.2, 0.25) is 5.02 Å². The monoisotopic (exact) mass is 303 g/mol. The molecule has 0 radical (unpaired) electrons. The van der Waals surface area contributed by atoms with Crippen LogP contribution >= 0.6 is 11.6 Å². The minimum absolute atomic E-state index is 0.0793. The number of benzene rings is 2. The number of nitrogens with zero attached hydrogens (tertiary/aromatic N) is 1. The number of amides is 1. The number of anilines is 1. The first-order chi connectivity index (χ1) is 10.1. The first-order valence-corrected chi connectivity index (χ1v) is 6.54. The minimum Gasteiger partial charge on any atom is -0.361 e. The zero-order valence-electron chi connectivity index (χ0n) is 10.7. The second-order valence-electron chi connectivity index (χ2n) is 4.56. The van der Waals surface area contributed by atoms with Gasteiger partial charge in [-0.2, -0.15) is 0 Å². The van der Waals surface area contributed by atoms with Crippen LogP contribution in [0.15, 0.2) is 42.5 Å². The van der Waals surface area contributed by atoms with Gasteiger partial charge in [0.1, 0.15) is 6.17 Å². The summed E-state index contributed by atoms with van der Waals surface area (Å²) in [6, 6.07) is 11.2. The predicted octanol–water partition coefficient (Wildman–Crippen LogP) is 3.10. The van der Waals surface area contributed by atoms with Crippen LogP contribution in [-0.4, -0.2) is 10.8 Å². The second-order valence-corrected chi connectivity index (χ2v) is 4.97. The third-order valence-corrected chi connectivity index (χ3v) is 3.59. The summed E-state index contributed by atoms with van der Waals surface area (Å²) in [4.78, 5) is 22.4. The molecule has 0 spiro atoms. The molecule has 7 heteroatoms. The van der Waals surface area contributed by atoms with E-state index in [1.165, 1.54) is 18.2 Å². The average Bonchev–Trinajstić information content (AvgIpc) is 2.47. The quantitative estimate of drug-likeness (QED) is 0.659. The summed E-state index contributed by atoms with van der Waals surface area (Å²) in [5.41, 5.74) is 1.56. The largest absolute Gasteiger partial charge is 0.361 e. The van der Waals surface area contributed by atoms with Crippen LogP contribution in [0.1, 0.15) is 22.1 Å². The molecule has 0 fully saturated rings. The number of nitrogens with one attached hydrogen (secondary N) is 2. The van der Waals surface area contributed by atoms with Crippen LogP contribution in [0.5, 0.6) is 0 Å². The lowest BCUT2D eigenvalue weighted by Gasteiger charge is -2.28. The Morgan fingerprint density at radius 1 is 1.14 bits per heavy atom. The second kappa shape index (κ2) is 5.06. The van der Waals surface area contributed by atoms with Crippen molar-refractivity contribution < 1.29 is 9.72 Å². The molecule has 2 aromatic carbocycles. The molecule has 1 aliphatic rings. The maximum absolute atomic E-state index is 12.1. The van der Waals surface area contributed by atoms with Crippen LogP contribution in [0.4, 0.5) is 11.4 Å². The van der Waals surface area contributed by atoms with Gasteiger partial charge in [-0.1, -0.05) is 23.7 Å². The Morgan fingerprint density at radius 2 is 1.90 bits per heavy atom. The Hall–Kier alpha value is -2.60. The summed E-state index contributed by atoms with van der Waals surface area (Å²) in [6.07, 6.45) is -0.611. The molecule has 0 saturated carbocycles. The molecular formula is C14H10ClN3O3. The molecule has 0 aromatic heterocycles. The third-order valence-electron chi connectivity index (χ3n) is 3.25. The number of halogens is 1. The number of hydrogen-bond acceptors (Lipinski definition) is 4. The van der Waals surface area contributed by atoms with Gasteiger partial charge in [0.2, 0.25) is 0 Å². The molecule has 1 atom stereocenters. The number of fused-ring (bicyclic) bond motifs is 1. The Balaban J connectivity index is 2.01. The maximum atomic E-state index is 12.1. The minimum atomic E-state index is -0.611. The van der Waals surface area contributed by atoms with Crippen molar-refractivity contribution in [3.05, 3.63) is 68.7 Å². The first-order valence-electron chi connectivity index (χ1n) is 6.16. The highest BCUT2D eigenvalue weighted by Gasteiger charge is 2.26. The fourth-order valence-corrected chi connectivity index (χ4v) is 2.46. The summed E-state index contributed by atoms with van der Waals surface area (Å²) in [6.45, 7) is 0. The van der Waals surface area contributed by atoms with E-state index in [1.807, 2.05) is 0 Å². The number of nitro benzene ring substituents is 1. The van der Waals surface area contributed by atoms with Crippen molar-refractivity contribution in [1.29, 1.82) is 0 Å². The molecule has 0 aliphatic carbocycles. The van der Waals surface area contributed by atoms with Gasteiger partial charge in [0.25, 0.3) is 11.6 Å².